The van der Waals surface area contributed by atoms with Crippen LogP contribution in [0.4, 0.5) is 0 Å². The maximum absolute atomic E-state index is 5.92. The van der Waals surface area contributed by atoms with E-state index in [1.54, 1.807) is 11.3 Å². The highest BCUT2D eigenvalue weighted by Crippen LogP contribution is 2.23. The van der Waals surface area contributed by atoms with Crippen LogP contribution in [-0.2, 0) is 12.8 Å². The van der Waals surface area contributed by atoms with Crippen LogP contribution in [0.1, 0.15) is 16.9 Å². The van der Waals surface area contributed by atoms with E-state index < -0.39 is 0 Å². The highest BCUT2D eigenvalue weighted by Gasteiger charge is 2.09. The minimum Gasteiger partial charge on any atom is -0.271 e. The summed E-state index contributed by atoms with van der Waals surface area (Å²) in [6, 6.07) is 8.33. The number of hydrogen-bond donors (Lipinski definition) is 2. The van der Waals surface area contributed by atoms with Gasteiger partial charge in [-0.15, -0.1) is 11.3 Å². The molecule has 1 unspecified atom stereocenters. The van der Waals surface area contributed by atoms with Gasteiger partial charge in [-0.25, -0.2) is 0 Å². The van der Waals surface area contributed by atoms with E-state index in [-0.39, 0.29) is 6.04 Å². The fraction of sp³-hybridized carbons (Fsp3) is 0.308. The molecule has 1 atom stereocenters. The van der Waals surface area contributed by atoms with Crippen LogP contribution in [0, 0.1) is 0 Å². The van der Waals surface area contributed by atoms with Crippen molar-refractivity contribution in [3.05, 3.63) is 51.4 Å². The number of pyridine rings is 1. The molecule has 2 aromatic heterocycles. The minimum atomic E-state index is 0.271. The van der Waals surface area contributed by atoms with Gasteiger partial charge in [0, 0.05) is 23.3 Å². The fourth-order valence-electron chi connectivity index (χ4n) is 1.84. The summed E-state index contributed by atoms with van der Waals surface area (Å²) < 4.78 is 0.829. The molecule has 96 valence electrons. The van der Waals surface area contributed by atoms with Crippen molar-refractivity contribution in [2.24, 2.45) is 5.84 Å². The highest BCUT2D eigenvalue weighted by molar-refractivity contribution is 7.16. The van der Waals surface area contributed by atoms with Crippen molar-refractivity contribution in [2.45, 2.75) is 25.3 Å². The Balaban J connectivity index is 1.86. The summed E-state index contributed by atoms with van der Waals surface area (Å²) in [5, 5.41) is 0. The van der Waals surface area contributed by atoms with E-state index in [0.717, 1.165) is 23.6 Å². The molecule has 0 radical (unpaired) electrons. The summed E-state index contributed by atoms with van der Waals surface area (Å²) in [6.07, 6.45) is 6.55. The largest absolute Gasteiger partial charge is 0.271 e. The number of nitrogens with one attached hydrogen (secondary N) is 1. The molecule has 2 rings (SSSR count). The molecule has 5 heteroatoms. The van der Waals surface area contributed by atoms with E-state index in [9.17, 15) is 0 Å². The Kier molecular flexibility index (Phi) is 5.13. The highest BCUT2D eigenvalue weighted by atomic mass is 35.5. The molecule has 0 amide bonds. The van der Waals surface area contributed by atoms with E-state index in [1.807, 2.05) is 30.6 Å². The molecular formula is C13H16ClN3S. The molecule has 0 saturated heterocycles. The van der Waals surface area contributed by atoms with E-state index in [4.69, 9.17) is 17.4 Å². The second kappa shape index (κ2) is 6.85. The van der Waals surface area contributed by atoms with Crippen LogP contribution < -0.4 is 11.3 Å². The van der Waals surface area contributed by atoms with E-state index in [1.165, 1.54) is 10.4 Å². The third-order valence-corrected chi connectivity index (χ3v) is 4.10. The van der Waals surface area contributed by atoms with Crippen LogP contribution in [0.3, 0.4) is 0 Å². The predicted octanol–water partition coefficient (Wildman–Crippen LogP) is 2.80. The number of rotatable bonds is 6. The zero-order valence-corrected chi connectivity index (χ0v) is 11.5. The second-order valence-corrected chi connectivity index (χ2v) is 5.97. The lowest BCUT2D eigenvalue weighted by Crippen LogP contribution is -2.36. The third-order valence-electron chi connectivity index (χ3n) is 2.84. The van der Waals surface area contributed by atoms with Gasteiger partial charge in [0.2, 0.25) is 0 Å². The summed E-state index contributed by atoms with van der Waals surface area (Å²) >= 11 is 7.53. The molecular weight excluding hydrogens is 266 g/mol. The number of aryl methyl sites for hydroxylation is 1. The van der Waals surface area contributed by atoms with Crippen molar-refractivity contribution in [2.75, 3.05) is 0 Å². The first-order valence-corrected chi connectivity index (χ1v) is 7.06. The summed E-state index contributed by atoms with van der Waals surface area (Å²) in [5.41, 5.74) is 4.16. The van der Waals surface area contributed by atoms with Crippen molar-refractivity contribution in [1.29, 1.82) is 0 Å². The molecule has 0 aliphatic carbocycles. The Labute approximate surface area is 116 Å². The Bertz CT molecular complexity index is 472. The molecule has 18 heavy (non-hydrogen) atoms. The van der Waals surface area contributed by atoms with Gasteiger partial charge in [0.15, 0.2) is 0 Å². The number of thiophene rings is 1. The predicted molar refractivity (Wildman–Crippen MR) is 76.7 cm³/mol. The van der Waals surface area contributed by atoms with Gasteiger partial charge in [-0.2, -0.15) is 0 Å². The van der Waals surface area contributed by atoms with Crippen molar-refractivity contribution >= 4 is 22.9 Å². The van der Waals surface area contributed by atoms with Gasteiger partial charge in [-0.05, 0) is 49.1 Å². The summed E-state index contributed by atoms with van der Waals surface area (Å²) in [5.74, 6) is 5.60. The minimum absolute atomic E-state index is 0.271. The first kappa shape index (κ1) is 13.5. The number of hydrazine groups is 1. The molecule has 3 N–H and O–H groups in total. The zero-order valence-electron chi connectivity index (χ0n) is 9.97. The average Bonchev–Trinajstić information content (AvgIpc) is 2.81. The van der Waals surface area contributed by atoms with Crippen LogP contribution in [0.5, 0.6) is 0 Å². The smallest absolute Gasteiger partial charge is 0.0931 e. The molecule has 0 aliphatic rings. The van der Waals surface area contributed by atoms with Crippen molar-refractivity contribution < 1.29 is 0 Å². The van der Waals surface area contributed by atoms with Crippen LogP contribution in [-0.4, -0.2) is 11.0 Å². The van der Waals surface area contributed by atoms with Crippen molar-refractivity contribution in [3.63, 3.8) is 0 Å². The van der Waals surface area contributed by atoms with E-state index >= 15 is 0 Å². The molecule has 0 bridgehead atoms. The van der Waals surface area contributed by atoms with Crippen LogP contribution in [0.2, 0.25) is 4.34 Å². The van der Waals surface area contributed by atoms with Gasteiger partial charge in [-0.3, -0.25) is 16.3 Å². The van der Waals surface area contributed by atoms with Gasteiger partial charge < -0.3 is 0 Å². The first-order chi connectivity index (χ1) is 8.78. The van der Waals surface area contributed by atoms with Crippen LogP contribution in [0.25, 0.3) is 0 Å². The molecule has 0 aliphatic heterocycles. The summed E-state index contributed by atoms with van der Waals surface area (Å²) in [7, 11) is 0. The number of hydrogen-bond acceptors (Lipinski definition) is 4. The van der Waals surface area contributed by atoms with Gasteiger partial charge in [-0.1, -0.05) is 11.6 Å². The monoisotopic (exact) mass is 281 g/mol. The molecule has 0 aromatic carbocycles. The van der Waals surface area contributed by atoms with E-state index in [2.05, 4.69) is 16.5 Å². The lowest BCUT2D eigenvalue weighted by atomic mass is 10.0. The SMILES string of the molecule is NNC(CCc1ccncc1)Cc1ccc(Cl)s1. The molecule has 0 saturated carbocycles. The van der Waals surface area contributed by atoms with Gasteiger partial charge in [0.05, 0.1) is 4.34 Å². The van der Waals surface area contributed by atoms with Gasteiger partial charge in [0.25, 0.3) is 0 Å². The topological polar surface area (TPSA) is 50.9 Å². The molecule has 3 nitrogen and oxygen atoms in total. The third kappa shape index (κ3) is 4.07. The van der Waals surface area contributed by atoms with Gasteiger partial charge >= 0.3 is 0 Å². The molecule has 0 spiro atoms. The maximum Gasteiger partial charge on any atom is 0.0931 e. The normalized spacial score (nSPS) is 12.6. The Hall–Kier alpha value is -0.940. The average molecular weight is 282 g/mol. The zero-order chi connectivity index (χ0) is 12.8. The molecule has 2 heterocycles. The second-order valence-electron chi connectivity index (χ2n) is 4.17. The summed E-state index contributed by atoms with van der Waals surface area (Å²) in [4.78, 5) is 5.27. The number of aromatic nitrogens is 1. The standard InChI is InChI=1S/C13H16ClN3S/c14-13-4-3-12(18-13)9-11(17-15)2-1-10-5-7-16-8-6-10/h3-8,11,17H,1-2,9,15H2. The number of nitrogens with zero attached hydrogens (tertiary/aromatic N) is 1. The maximum atomic E-state index is 5.92. The fourth-order valence-corrected chi connectivity index (χ4v) is 3.01. The van der Waals surface area contributed by atoms with E-state index in [0.29, 0.717) is 0 Å². The van der Waals surface area contributed by atoms with Crippen molar-refractivity contribution in [3.8, 4) is 0 Å². The Morgan fingerprint density at radius 1 is 1.28 bits per heavy atom. The lowest BCUT2D eigenvalue weighted by Gasteiger charge is -2.14. The van der Waals surface area contributed by atoms with Crippen LogP contribution in [0.15, 0.2) is 36.7 Å². The Morgan fingerprint density at radius 2 is 2.06 bits per heavy atom. The lowest BCUT2D eigenvalue weighted by molar-refractivity contribution is 0.494. The van der Waals surface area contributed by atoms with Crippen molar-refractivity contribution in [1.82, 2.24) is 10.4 Å². The molecule has 2 aromatic rings. The quantitative estimate of drug-likeness (QED) is 0.632. The first-order valence-electron chi connectivity index (χ1n) is 5.87. The van der Waals surface area contributed by atoms with Gasteiger partial charge in [0.1, 0.15) is 0 Å². The molecule has 0 fully saturated rings. The number of halogens is 1. The van der Waals surface area contributed by atoms with Crippen LogP contribution >= 0.6 is 22.9 Å². The summed E-state index contributed by atoms with van der Waals surface area (Å²) in [6.45, 7) is 0. The number of nitrogens with two attached hydrogens (primary N) is 1. The Morgan fingerprint density at radius 3 is 2.67 bits per heavy atom.